The fourth-order valence-electron chi connectivity index (χ4n) is 0.519. The van der Waals surface area contributed by atoms with E-state index in [4.69, 9.17) is 0 Å². The number of allylic oxidation sites excluding steroid dienone is 1. The van der Waals surface area contributed by atoms with E-state index in [1.54, 1.807) is 0 Å². The predicted octanol–water partition coefficient (Wildman–Crippen LogP) is 1.61. The van der Waals surface area contributed by atoms with Crippen LogP contribution in [-0.4, -0.2) is 19.1 Å². The molecule has 0 amide bonds. The SMILES string of the molecule is CNN(C)/C=C(\C)C(C)C. The Morgan fingerprint density at radius 1 is 1.50 bits per heavy atom. The van der Waals surface area contributed by atoms with Crippen molar-refractivity contribution in [3.63, 3.8) is 0 Å². The molecule has 0 fully saturated rings. The van der Waals surface area contributed by atoms with Crippen LogP contribution in [0.2, 0.25) is 0 Å². The van der Waals surface area contributed by atoms with Crippen molar-refractivity contribution in [3.05, 3.63) is 11.8 Å². The van der Waals surface area contributed by atoms with Gasteiger partial charge >= 0.3 is 0 Å². The Labute approximate surface area is 63.9 Å². The summed E-state index contributed by atoms with van der Waals surface area (Å²) < 4.78 is 0. The first-order valence-electron chi connectivity index (χ1n) is 3.66. The molecule has 0 aromatic rings. The van der Waals surface area contributed by atoms with Crippen LogP contribution in [0, 0.1) is 5.92 Å². The Bertz CT molecular complexity index is 116. The maximum atomic E-state index is 3.01. The normalized spacial score (nSPS) is 12.4. The highest BCUT2D eigenvalue weighted by molar-refractivity contribution is 4.98. The maximum absolute atomic E-state index is 3.01. The topological polar surface area (TPSA) is 15.3 Å². The molecule has 0 aliphatic heterocycles. The Morgan fingerprint density at radius 3 is 2.30 bits per heavy atom. The van der Waals surface area contributed by atoms with Crippen molar-refractivity contribution >= 4 is 0 Å². The van der Waals surface area contributed by atoms with E-state index in [1.165, 1.54) is 5.57 Å². The first-order valence-corrected chi connectivity index (χ1v) is 3.66. The molecule has 10 heavy (non-hydrogen) atoms. The first-order chi connectivity index (χ1) is 4.57. The minimum absolute atomic E-state index is 0.635. The molecular formula is C8H18N2. The van der Waals surface area contributed by atoms with Gasteiger partial charge in [0, 0.05) is 20.3 Å². The summed E-state index contributed by atoms with van der Waals surface area (Å²) in [7, 11) is 3.90. The Morgan fingerprint density at radius 2 is 2.00 bits per heavy atom. The van der Waals surface area contributed by atoms with E-state index >= 15 is 0 Å². The van der Waals surface area contributed by atoms with Crippen molar-refractivity contribution in [1.29, 1.82) is 0 Å². The zero-order valence-electron chi connectivity index (χ0n) is 7.60. The third kappa shape index (κ3) is 3.51. The zero-order chi connectivity index (χ0) is 8.15. The summed E-state index contributed by atoms with van der Waals surface area (Å²) in [6.45, 7) is 6.52. The van der Waals surface area contributed by atoms with Gasteiger partial charge in [-0.2, -0.15) is 0 Å². The highest BCUT2D eigenvalue weighted by Gasteiger charge is 1.95. The predicted molar refractivity (Wildman–Crippen MR) is 45.4 cm³/mol. The number of rotatable bonds is 3. The molecule has 0 saturated carbocycles. The molecule has 0 spiro atoms. The molecule has 60 valence electrons. The van der Waals surface area contributed by atoms with Gasteiger partial charge in [-0.25, -0.2) is 5.43 Å². The van der Waals surface area contributed by atoms with Crippen LogP contribution < -0.4 is 5.43 Å². The fraction of sp³-hybridized carbons (Fsp3) is 0.750. The minimum atomic E-state index is 0.635. The number of nitrogens with one attached hydrogen (secondary N) is 1. The number of hydrogen-bond acceptors (Lipinski definition) is 2. The number of nitrogens with zero attached hydrogens (tertiary/aromatic N) is 1. The van der Waals surface area contributed by atoms with E-state index in [2.05, 4.69) is 32.4 Å². The van der Waals surface area contributed by atoms with Gasteiger partial charge in [-0.3, -0.25) is 0 Å². The van der Waals surface area contributed by atoms with Gasteiger partial charge in [0.2, 0.25) is 0 Å². The second-order valence-electron chi connectivity index (χ2n) is 2.86. The lowest BCUT2D eigenvalue weighted by Crippen LogP contribution is -2.25. The molecule has 2 nitrogen and oxygen atoms in total. The van der Waals surface area contributed by atoms with Crippen LogP contribution in [0.5, 0.6) is 0 Å². The molecule has 0 bridgehead atoms. The van der Waals surface area contributed by atoms with Gasteiger partial charge in [0.05, 0.1) is 0 Å². The summed E-state index contributed by atoms with van der Waals surface area (Å²) in [5.74, 6) is 0.635. The van der Waals surface area contributed by atoms with Crippen LogP contribution >= 0.6 is 0 Å². The molecule has 0 unspecified atom stereocenters. The highest BCUT2D eigenvalue weighted by Crippen LogP contribution is 2.07. The monoisotopic (exact) mass is 142 g/mol. The van der Waals surface area contributed by atoms with Crippen LogP contribution in [0.25, 0.3) is 0 Å². The van der Waals surface area contributed by atoms with Crippen LogP contribution in [0.15, 0.2) is 11.8 Å². The second-order valence-corrected chi connectivity index (χ2v) is 2.86. The molecule has 0 heterocycles. The minimum Gasteiger partial charge on any atom is -0.319 e. The van der Waals surface area contributed by atoms with Gasteiger partial charge in [0.25, 0.3) is 0 Å². The van der Waals surface area contributed by atoms with Crippen molar-refractivity contribution in [2.75, 3.05) is 14.1 Å². The average Bonchev–Trinajstić information content (AvgIpc) is 1.87. The molecule has 0 rings (SSSR count). The zero-order valence-corrected chi connectivity index (χ0v) is 7.60. The van der Waals surface area contributed by atoms with E-state index in [9.17, 15) is 0 Å². The summed E-state index contributed by atoms with van der Waals surface area (Å²) in [6.07, 6.45) is 2.10. The molecule has 2 heteroatoms. The third-order valence-corrected chi connectivity index (χ3v) is 1.66. The Kier molecular flexibility index (Phi) is 4.12. The van der Waals surface area contributed by atoms with Crippen LogP contribution in [0.3, 0.4) is 0 Å². The van der Waals surface area contributed by atoms with Gasteiger partial charge in [-0.1, -0.05) is 19.4 Å². The summed E-state index contributed by atoms with van der Waals surface area (Å²) in [4.78, 5) is 0. The van der Waals surface area contributed by atoms with E-state index in [0.717, 1.165) is 0 Å². The molecule has 0 aliphatic rings. The van der Waals surface area contributed by atoms with E-state index in [0.29, 0.717) is 5.92 Å². The summed E-state index contributed by atoms with van der Waals surface area (Å²) in [6, 6.07) is 0. The fourth-order valence-corrected chi connectivity index (χ4v) is 0.519. The Balaban J connectivity index is 3.89. The maximum Gasteiger partial charge on any atom is 0.0225 e. The standard InChI is InChI=1S/C8H18N2/c1-7(2)8(3)6-10(5)9-4/h6-7,9H,1-5H3/b8-6+. The Hall–Kier alpha value is -0.500. The molecule has 0 radical (unpaired) electrons. The van der Waals surface area contributed by atoms with Gasteiger partial charge in [0.15, 0.2) is 0 Å². The summed E-state index contributed by atoms with van der Waals surface area (Å²) >= 11 is 0. The van der Waals surface area contributed by atoms with E-state index in [-0.39, 0.29) is 0 Å². The molecular weight excluding hydrogens is 124 g/mol. The molecule has 0 saturated heterocycles. The van der Waals surface area contributed by atoms with Gasteiger partial charge in [-0.05, 0) is 12.8 Å². The number of hydrazine groups is 1. The second kappa shape index (κ2) is 4.34. The molecule has 0 aromatic heterocycles. The van der Waals surface area contributed by atoms with Crippen LogP contribution in [0.1, 0.15) is 20.8 Å². The third-order valence-electron chi connectivity index (χ3n) is 1.66. The van der Waals surface area contributed by atoms with Crippen LogP contribution in [-0.2, 0) is 0 Å². The molecule has 0 atom stereocenters. The largest absolute Gasteiger partial charge is 0.319 e. The first kappa shape index (κ1) is 9.50. The molecule has 0 aromatic carbocycles. The highest BCUT2D eigenvalue weighted by atomic mass is 15.5. The lowest BCUT2D eigenvalue weighted by atomic mass is 10.1. The molecule has 0 aliphatic carbocycles. The van der Waals surface area contributed by atoms with Crippen molar-refractivity contribution in [1.82, 2.24) is 10.4 Å². The smallest absolute Gasteiger partial charge is 0.0225 e. The van der Waals surface area contributed by atoms with Gasteiger partial charge in [0.1, 0.15) is 0 Å². The summed E-state index contributed by atoms with van der Waals surface area (Å²) in [5, 5.41) is 1.95. The summed E-state index contributed by atoms with van der Waals surface area (Å²) in [5.41, 5.74) is 4.39. The van der Waals surface area contributed by atoms with Crippen molar-refractivity contribution < 1.29 is 0 Å². The molecule has 1 N–H and O–H groups in total. The lowest BCUT2D eigenvalue weighted by molar-refractivity contribution is 0.359. The van der Waals surface area contributed by atoms with Crippen molar-refractivity contribution in [2.45, 2.75) is 20.8 Å². The van der Waals surface area contributed by atoms with E-state index in [1.807, 2.05) is 19.1 Å². The van der Waals surface area contributed by atoms with Crippen molar-refractivity contribution in [2.24, 2.45) is 5.92 Å². The lowest BCUT2D eigenvalue weighted by Gasteiger charge is -2.14. The quantitative estimate of drug-likeness (QED) is 0.602. The van der Waals surface area contributed by atoms with Crippen LogP contribution in [0.4, 0.5) is 0 Å². The van der Waals surface area contributed by atoms with Gasteiger partial charge in [-0.15, -0.1) is 0 Å². The average molecular weight is 142 g/mol. The van der Waals surface area contributed by atoms with E-state index < -0.39 is 0 Å². The van der Waals surface area contributed by atoms with Gasteiger partial charge < -0.3 is 5.01 Å². The van der Waals surface area contributed by atoms with Crippen molar-refractivity contribution in [3.8, 4) is 0 Å². The number of hydrogen-bond donors (Lipinski definition) is 1.